The van der Waals surface area contributed by atoms with E-state index in [0.717, 1.165) is 11.1 Å². The van der Waals surface area contributed by atoms with E-state index in [-0.39, 0.29) is 12.5 Å². The summed E-state index contributed by atoms with van der Waals surface area (Å²) < 4.78 is 32.9. The molecule has 1 amide bonds. The second-order valence-electron chi connectivity index (χ2n) is 7.16. The van der Waals surface area contributed by atoms with E-state index in [4.69, 9.17) is 28.4 Å². The summed E-state index contributed by atoms with van der Waals surface area (Å²) in [6.07, 6.45) is 1.03. The molecule has 0 saturated heterocycles. The van der Waals surface area contributed by atoms with Crippen molar-refractivity contribution in [2.75, 3.05) is 42.2 Å². The molecule has 176 valence electrons. The number of carbonyl (C=O) groups is 1. The molecule has 2 aromatic rings. The van der Waals surface area contributed by atoms with Gasteiger partial charge in [-0.1, -0.05) is 18.7 Å². The molecule has 0 fully saturated rings. The molecule has 2 aromatic carbocycles. The van der Waals surface area contributed by atoms with Crippen LogP contribution in [0.3, 0.4) is 0 Å². The zero-order valence-corrected chi connectivity index (χ0v) is 19.5. The van der Waals surface area contributed by atoms with Gasteiger partial charge in [-0.2, -0.15) is 0 Å². The van der Waals surface area contributed by atoms with Crippen LogP contribution >= 0.6 is 0 Å². The molecule has 33 heavy (non-hydrogen) atoms. The minimum Gasteiger partial charge on any atom is -0.493 e. The molecule has 0 aliphatic carbocycles. The lowest BCUT2D eigenvalue weighted by molar-refractivity contribution is -0.118. The summed E-state index contributed by atoms with van der Waals surface area (Å²) in [5, 5.41) is 2.97. The summed E-state index contributed by atoms with van der Waals surface area (Å²) in [5.41, 5.74) is 2.78. The van der Waals surface area contributed by atoms with E-state index in [1.165, 1.54) is 7.11 Å². The summed E-state index contributed by atoms with van der Waals surface area (Å²) in [6.45, 7) is 4.41. The highest BCUT2D eigenvalue weighted by atomic mass is 16.5. The lowest BCUT2D eigenvalue weighted by Gasteiger charge is -2.19. The van der Waals surface area contributed by atoms with Gasteiger partial charge in [0, 0.05) is 6.54 Å². The summed E-state index contributed by atoms with van der Waals surface area (Å²) in [5.74, 6) is 2.39. The Hall–Kier alpha value is -3.65. The number of rotatable bonds is 10. The number of nitrogens with one attached hydrogen (secondary N) is 1. The van der Waals surface area contributed by atoms with Crippen LogP contribution in [0.25, 0.3) is 0 Å². The fraction of sp³-hybridized carbons (Fsp3) is 0.320. The lowest BCUT2D eigenvalue weighted by Crippen LogP contribution is -2.27. The monoisotopic (exact) mass is 455 g/mol. The van der Waals surface area contributed by atoms with Crippen molar-refractivity contribution in [3.8, 4) is 28.7 Å². The fourth-order valence-electron chi connectivity index (χ4n) is 3.72. The van der Waals surface area contributed by atoms with Crippen molar-refractivity contribution in [1.82, 2.24) is 5.32 Å². The van der Waals surface area contributed by atoms with Crippen molar-refractivity contribution in [1.29, 1.82) is 0 Å². The third-order valence-electron chi connectivity index (χ3n) is 5.40. The first-order chi connectivity index (χ1) is 16.0. The number of methoxy groups -OCH3 is 5. The Balaban J connectivity index is 1.88. The van der Waals surface area contributed by atoms with E-state index < -0.39 is 6.10 Å². The number of benzene rings is 2. The third-order valence-corrected chi connectivity index (χ3v) is 5.40. The molecule has 0 radical (unpaired) electrons. The maximum absolute atomic E-state index is 13.2. The first-order valence-corrected chi connectivity index (χ1v) is 10.3. The molecule has 3 rings (SSSR count). The van der Waals surface area contributed by atoms with Crippen molar-refractivity contribution in [2.45, 2.75) is 12.6 Å². The van der Waals surface area contributed by atoms with Gasteiger partial charge in [0.25, 0.3) is 5.91 Å². The zero-order chi connectivity index (χ0) is 24.0. The second kappa shape index (κ2) is 10.8. The van der Waals surface area contributed by atoms with Crippen LogP contribution < -0.4 is 29.0 Å². The molecule has 1 aliphatic rings. The lowest BCUT2D eigenvalue weighted by atomic mass is 9.97. The average molecular weight is 456 g/mol. The first kappa shape index (κ1) is 24.0. The molecule has 8 nitrogen and oxygen atoms in total. The van der Waals surface area contributed by atoms with Gasteiger partial charge in [-0.05, 0) is 41.0 Å². The molecular weight excluding hydrogens is 426 g/mol. The van der Waals surface area contributed by atoms with E-state index in [0.29, 0.717) is 46.4 Å². The molecule has 0 spiro atoms. The predicted molar refractivity (Wildman–Crippen MR) is 123 cm³/mol. The van der Waals surface area contributed by atoms with Gasteiger partial charge in [-0.25, -0.2) is 0 Å². The quantitative estimate of drug-likeness (QED) is 0.586. The summed E-state index contributed by atoms with van der Waals surface area (Å²) in [4.78, 5) is 13.2. The fourth-order valence-corrected chi connectivity index (χ4v) is 3.72. The zero-order valence-electron chi connectivity index (χ0n) is 19.5. The highest BCUT2D eigenvalue weighted by molar-refractivity contribution is 5.96. The first-order valence-electron chi connectivity index (χ1n) is 10.3. The summed E-state index contributed by atoms with van der Waals surface area (Å²) >= 11 is 0. The third kappa shape index (κ3) is 4.90. The molecule has 8 heteroatoms. The second-order valence-corrected chi connectivity index (χ2v) is 7.16. The minimum atomic E-state index is -0.614. The number of ether oxygens (including phenoxy) is 6. The Morgan fingerprint density at radius 2 is 1.61 bits per heavy atom. The van der Waals surface area contributed by atoms with Crippen molar-refractivity contribution in [2.24, 2.45) is 0 Å². The molecule has 1 atom stereocenters. The Morgan fingerprint density at radius 1 is 0.970 bits per heavy atom. The van der Waals surface area contributed by atoms with Crippen LogP contribution in [-0.4, -0.2) is 48.1 Å². The van der Waals surface area contributed by atoms with Crippen LogP contribution in [0.5, 0.6) is 28.7 Å². The minimum absolute atomic E-state index is 0.254. The van der Waals surface area contributed by atoms with Crippen molar-refractivity contribution >= 4 is 5.91 Å². The van der Waals surface area contributed by atoms with E-state index in [1.54, 1.807) is 52.7 Å². The molecule has 0 aromatic heterocycles. The van der Waals surface area contributed by atoms with E-state index in [9.17, 15) is 4.79 Å². The van der Waals surface area contributed by atoms with Crippen LogP contribution in [0.2, 0.25) is 0 Å². The Bertz CT molecular complexity index is 1040. The molecule has 1 heterocycles. The largest absolute Gasteiger partial charge is 0.493 e. The predicted octanol–water partition coefficient (Wildman–Crippen LogP) is 3.60. The van der Waals surface area contributed by atoms with Crippen LogP contribution in [0.1, 0.15) is 17.2 Å². The topological polar surface area (TPSA) is 84.5 Å². The van der Waals surface area contributed by atoms with Gasteiger partial charge in [-0.15, -0.1) is 0 Å². The van der Waals surface area contributed by atoms with Gasteiger partial charge in [-0.3, -0.25) is 4.79 Å². The molecule has 0 bridgehead atoms. The standard InChI is InChI=1S/C25H29NO7/c1-7-16-14-33-23(17-11-20(30-4)24(32-6)21(12-17)31-5)22(16)25(27)26-13-15-8-9-18(28-2)19(10-15)29-3/h7-12,23H,1,13-14H2,2-6H3,(H,26,27). The summed E-state index contributed by atoms with van der Waals surface area (Å²) in [7, 11) is 7.76. The van der Waals surface area contributed by atoms with Gasteiger partial charge in [0.2, 0.25) is 5.75 Å². The van der Waals surface area contributed by atoms with E-state index in [2.05, 4.69) is 11.9 Å². The normalized spacial score (nSPS) is 15.1. The maximum atomic E-state index is 13.2. The van der Waals surface area contributed by atoms with Crippen LogP contribution in [-0.2, 0) is 16.1 Å². The van der Waals surface area contributed by atoms with Crippen LogP contribution in [0, 0.1) is 0 Å². The van der Waals surface area contributed by atoms with Crippen LogP contribution in [0.4, 0.5) is 0 Å². The Kier molecular flexibility index (Phi) is 7.84. The molecule has 1 unspecified atom stereocenters. The Morgan fingerprint density at radius 3 is 2.15 bits per heavy atom. The smallest absolute Gasteiger partial charge is 0.250 e. The molecule has 1 aliphatic heterocycles. The Labute approximate surface area is 193 Å². The molecule has 1 N–H and O–H groups in total. The van der Waals surface area contributed by atoms with Crippen molar-refractivity contribution in [3.05, 3.63) is 65.3 Å². The van der Waals surface area contributed by atoms with Crippen molar-refractivity contribution in [3.63, 3.8) is 0 Å². The summed E-state index contributed by atoms with van der Waals surface area (Å²) in [6, 6.07) is 9.04. The maximum Gasteiger partial charge on any atom is 0.250 e. The van der Waals surface area contributed by atoms with Gasteiger partial charge in [0.15, 0.2) is 23.0 Å². The van der Waals surface area contributed by atoms with Crippen LogP contribution in [0.15, 0.2) is 54.1 Å². The molecular formula is C25H29NO7. The van der Waals surface area contributed by atoms with Gasteiger partial charge >= 0.3 is 0 Å². The average Bonchev–Trinajstić information content (AvgIpc) is 3.30. The van der Waals surface area contributed by atoms with Crippen molar-refractivity contribution < 1.29 is 33.2 Å². The van der Waals surface area contributed by atoms with Gasteiger partial charge in [0.05, 0.1) is 47.7 Å². The number of carbonyl (C=O) groups excluding carboxylic acids is 1. The highest BCUT2D eigenvalue weighted by Gasteiger charge is 2.33. The SMILES string of the molecule is C=CC1=C(C(=O)NCc2ccc(OC)c(OC)c2)C(c2cc(OC)c(OC)c(OC)c2)OC1. The van der Waals surface area contributed by atoms with Gasteiger partial charge in [0.1, 0.15) is 6.10 Å². The number of amides is 1. The molecule has 0 saturated carbocycles. The number of hydrogen-bond donors (Lipinski definition) is 1. The number of hydrogen-bond acceptors (Lipinski definition) is 7. The van der Waals surface area contributed by atoms with E-state index >= 15 is 0 Å². The van der Waals surface area contributed by atoms with Gasteiger partial charge < -0.3 is 33.7 Å². The highest BCUT2D eigenvalue weighted by Crippen LogP contribution is 2.43. The van der Waals surface area contributed by atoms with E-state index in [1.807, 2.05) is 12.1 Å².